The molecule has 1 saturated heterocycles. The molecule has 2 aliphatic rings. The maximum Gasteiger partial charge on any atom is 0.325 e. The maximum atomic E-state index is 12.5. The minimum Gasteiger partial charge on any atom is -0.351 e. The van der Waals surface area contributed by atoms with Crippen molar-refractivity contribution in [1.82, 2.24) is 15.5 Å². The number of carbonyl (C=O) groups is 4. The monoisotopic (exact) mass is 282 g/mol. The van der Waals surface area contributed by atoms with Gasteiger partial charge in [-0.15, -0.1) is 0 Å². The SMILES string of the molecule is C[C@H]1CCCC[C@@]12NC(=O)N(CC(=O)NC(N)=O)C2=O. The van der Waals surface area contributed by atoms with Crippen LogP contribution >= 0.6 is 0 Å². The summed E-state index contributed by atoms with van der Waals surface area (Å²) >= 11 is 0. The summed E-state index contributed by atoms with van der Waals surface area (Å²) in [6, 6.07) is -1.61. The van der Waals surface area contributed by atoms with Gasteiger partial charge in [0.15, 0.2) is 0 Å². The van der Waals surface area contributed by atoms with Gasteiger partial charge in [-0.2, -0.15) is 0 Å². The van der Waals surface area contributed by atoms with E-state index in [0.717, 1.165) is 24.2 Å². The molecule has 4 N–H and O–H groups in total. The molecule has 8 nitrogen and oxygen atoms in total. The fourth-order valence-corrected chi connectivity index (χ4v) is 2.96. The van der Waals surface area contributed by atoms with Gasteiger partial charge >= 0.3 is 12.1 Å². The number of rotatable bonds is 2. The molecule has 1 aliphatic heterocycles. The molecule has 1 heterocycles. The van der Waals surface area contributed by atoms with Gasteiger partial charge in [0, 0.05) is 0 Å². The zero-order chi connectivity index (χ0) is 14.9. The third-order valence-corrected chi connectivity index (χ3v) is 4.07. The van der Waals surface area contributed by atoms with E-state index < -0.39 is 36.0 Å². The predicted octanol–water partition coefficient (Wildman–Crippen LogP) is -0.318. The van der Waals surface area contributed by atoms with Crippen LogP contribution in [-0.2, 0) is 9.59 Å². The Kier molecular flexibility index (Phi) is 3.65. The molecule has 0 aromatic carbocycles. The molecule has 0 bridgehead atoms. The van der Waals surface area contributed by atoms with Crippen molar-refractivity contribution in [3.8, 4) is 0 Å². The summed E-state index contributed by atoms with van der Waals surface area (Å²) in [5.74, 6) is -1.15. The van der Waals surface area contributed by atoms with E-state index in [1.807, 2.05) is 12.2 Å². The molecule has 8 heteroatoms. The van der Waals surface area contributed by atoms with Gasteiger partial charge in [-0.05, 0) is 18.8 Å². The molecule has 2 rings (SSSR count). The second-order valence-corrected chi connectivity index (χ2v) is 5.35. The number of nitrogens with zero attached hydrogens (tertiary/aromatic N) is 1. The van der Waals surface area contributed by atoms with E-state index in [1.54, 1.807) is 0 Å². The highest BCUT2D eigenvalue weighted by molar-refractivity contribution is 6.10. The van der Waals surface area contributed by atoms with Gasteiger partial charge < -0.3 is 11.1 Å². The van der Waals surface area contributed by atoms with Gasteiger partial charge in [-0.3, -0.25) is 19.8 Å². The van der Waals surface area contributed by atoms with Gasteiger partial charge in [-0.1, -0.05) is 19.8 Å². The van der Waals surface area contributed by atoms with Crippen LogP contribution in [0, 0.1) is 5.92 Å². The number of nitrogens with one attached hydrogen (secondary N) is 2. The summed E-state index contributed by atoms with van der Waals surface area (Å²) in [5, 5.41) is 4.56. The van der Waals surface area contributed by atoms with E-state index in [-0.39, 0.29) is 5.92 Å². The topological polar surface area (TPSA) is 122 Å². The van der Waals surface area contributed by atoms with Crippen molar-refractivity contribution in [2.45, 2.75) is 38.1 Å². The molecule has 2 fully saturated rings. The Labute approximate surface area is 116 Å². The Balaban J connectivity index is 2.12. The van der Waals surface area contributed by atoms with E-state index in [0.29, 0.717) is 6.42 Å². The maximum absolute atomic E-state index is 12.5. The molecule has 0 aromatic heterocycles. The number of imide groups is 2. The number of hydrogen-bond donors (Lipinski definition) is 3. The fraction of sp³-hybridized carbons (Fsp3) is 0.667. The average molecular weight is 282 g/mol. The Morgan fingerprint density at radius 1 is 1.45 bits per heavy atom. The predicted molar refractivity (Wildman–Crippen MR) is 68.3 cm³/mol. The highest BCUT2D eigenvalue weighted by Crippen LogP contribution is 2.37. The molecule has 20 heavy (non-hydrogen) atoms. The number of amides is 6. The summed E-state index contributed by atoms with van der Waals surface area (Å²) < 4.78 is 0. The molecule has 0 unspecified atom stereocenters. The highest BCUT2D eigenvalue weighted by Gasteiger charge is 2.55. The molecule has 1 saturated carbocycles. The van der Waals surface area contributed by atoms with Crippen molar-refractivity contribution in [2.24, 2.45) is 11.7 Å². The van der Waals surface area contributed by atoms with Crippen LogP contribution in [0.3, 0.4) is 0 Å². The van der Waals surface area contributed by atoms with Crippen LogP contribution in [0.5, 0.6) is 0 Å². The molecule has 2 atom stereocenters. The summed E-state index contributed by atoms with van der Waals surface area (Å²) in [4.78, 5) is 47.3. The molecular formula is C12H18N4O4. The van der Waals surface area contributed by atoms with Crippen LogP contribution in [0.1, 0.15) is 32.6 Å². The summed E-state index contributed by atoms with van der Waals surface area (Å²) in [6.07, 6.45) is 3.31. The molecule has 0 aromatic rings. The van der Waals surface area contributed by atoms with Crippen molar-refractivity contribution >= 4 is 23.9 Å². The van der Waals surface area contributed by atoms with Gasteiger partial charge in [0.25, 0.3) is 5.91 Å². The van der Waals surface area contributed by atoms with Crippen molar-refractivity contribution in [3.05, 3.63) is 0 Å². The molecule has 6 amide bonds. The second kappa shape index (κ2) is 5.10. The smallest absolute Gasteiger partial charge is 0.325 e. The largest absolute Gasteiger partial charge is 0.351 e. The van der Waals surface area contributed by atoms with Crippen molar-refractivity contribution in [2.75, 3.05) is 6.54 Å². The summed E-state index contributed by atoms with van der Waals surface area (Å²) in [5.41, 5.74) is 3.92. The first-order valence-corrected chi connectivity index (χ1v) is 6.60. The Morgan fingerprint density at radius 2 is 2.15 bits per heavy atom. The third kappa shape index (κ3) is 2.33. The fourth-order valence-electron chi connectivity index (χ4n) is 2.96. The van der Waals surface area contributed by atoms with Gasteiger partial charge in [0.05, 0.1) is 0 Å². The highest BCUT2D eigenvalue weighted by atomic mass is 16.2. The quantitative estimate of drug-likeness (QED) is 0.601. The lowest BCUT2D eigenvalue weighted by Gasteiger charge is -2.36. The van der Waals surface area contributed by atoms with Crippen LogP contribution in [0.25, 0.3) is 0 Å². The first kappa shape index (κ1) is 14.3. The normalized spacial score (nSPS) is 29.4. The zero-order valence-corrected chi connectivity index (χ0v) is 11.3. The minimum absolute atomic E-state index is 0.0249. The van der Waals surface area contributed by atoms with Gasteiger partial charge in [0.2, 0.25) is 5.91 Å². The lowest BCUT2D eigenvalue weighted by atomic mass is 9.73. The third-order valence-electron chi connectivity index (χ3n) is 4.07. The number of hydrogen-bond acceptors (Lipinski definition) is 4. The lowest BCUT2D eigenvalue weighted by molar-refractivity contribution is -0.137. The number of carbonyl (C=O) groups excluding carboxylic acids is 4. The number of nitrogens with two attached hydrogens (primary N) is 1. The average Bonchev–Trinajstić information content (AvgIpc) is 2.58. The van der Waals surface area contributed by atoms with Gasteiger partial charge in [-0.25, -0.2) is 9.59 Å². The van der Waals surface area contributed by atoms with Crippen LogP contribution in [-0.4, -0.2) is 40.9 Å². The molecule has 0 radical (unpaired) electrons. The number of primary amides is 1. The van der Waals surface area contributed by atoms with Crippen LogP contribution in [0.2, 0.25) is 0 Å². The van der Waals surface area contributed by atoms with E-state index in [4.69, 9.17) is 5.73 Å². The summed E-state index contributed by atoms with van der Waals surface area (Å²) in [6.45, 7) is 1.42. The number of urea groups is 2. The van der Waals surface area contributed by atoms with Crippen LogP contribution in [0.4, 0.5) is 9.59 Å². The standard InChI is InChI=1S/C12H18N4O4/c1-7-4-2-3-5-12(7)9(18)16(11(20)15-12)6-8(17)14-10(13)19/h7H,2-6H2,1H3,(H,15,20)(H3,13,14,17,19)/t7-,12+/m0/s1. The molecule has 1 spiro atoms. The minimum atomic E-state index is -1.01. The van der Waals surface area contributed by atoms with E-state index >= 15 is 0 Å². The van der Waals surface area contributed by atoms with Gasteiger partial charge in [0.1, 0.15) is 12.1 Å². The van der Waals surface area contributed by atoms with Crippen LogP contribution in [0.15, 0.2) is 0 Å². The van der Waals surface area contributed by atoms with E-state index in [9.17, 15) is 19.2 Å². The Morgan fingerprint density at radius 3 is 2.75 bits per heavy atom. The first-order valence-electron chi connectivity index (χ1n) is 6.60. The molecule has 1 aliphatic carbocycles. The van der Waals surface area contributed by atoms with Crippen molar-refractivity contribution < 1.29 is 19.2 Å². The Bertz CT molecular complexity index is 478. The van der Waals surface area contributed by atoms with E-state index in [1.165, 1.54) is 0 Å². The van der Waals surface area contributed by atoms with Crippen molar-refractivity contribution in [1.29, 1.82) is 0 Å². The lowest BCUT2D eigenvalue weighted by Crippen LogP contribution is -2.54. The summed E-state index contributed by atoms with van der Waals surface area (Å²) in [7, 11) is 0. The zero-order valence-electron chi connectivity index (χ0n) is 11.3. The van der Waals surface area contributed by atoms with Crippen molar-refractivity contribution in [3.63, 3.8) is 0 Å². The molecule has 110 valence electrons. The second-order valence-electron chi connectivity index (χ2n) is 5.35. The first-order chi connectivity index (χ1) is 9.36. The molecular weight excluding hydrogens is 264 g/mol. The van der Waals surface area contributed by atoms with Crippen LogP contribution < -0.4 is 16.4 Å². The van der Waals surface area contributed by atoms with E-state index in [2.05, 4.69) is 5.32 Å². The Hall–Kier alpha value is -2.12.